The Morgan fingerprint density at radius 3 is 2.83 bits per heavy atom. The van der Waals surface area contributed by atoms with Gasteiger partial charge in [0.25, 0.3) is 0 Å². The molecular weight excluding hydrogens is 382 g/mol. The standard InChI is InChI=1S/C22H29N5O3/c23-10-2-12-29-17-3-1-4-18-20(17)25-21-19(30-18)14-27(22(28)26-21)11-9-15-5-7-16(13-24)8-6-15/h1,3-4,9,11,14-16H,2,5-8,10,12-13,23-24H2,(H,25,26,28)/b11-9+. The molecule has 1 fully saturated rings. The Kier molecular flexibility index (Phi) is 6.35. The third kappa shape index (κ3) is 4.49. The van der Waals surface area contributed by atoms with Crippen molar-refractivity contribution in [3.05, 3.63) is 41.0 Å². The third-order valence-electron chi connectivity index (χ3n) is 5.72. The Balaban J connectivity index is 1.50. The van der Waals surface area contributed by atoms with Crippen LogP contribution in [0.3, 0.4) is 0 Å². The Morgan fingerprint density at radius 1 is 1.23 bits per heavy atom. The molecule has 160 valence electrons. The normalized spacial score (nSPS) is 20.2. The summed E-state index contributed by atoms with van der Waals surface area (Å²) in [5.74, 6) is 3.25. The summed E-state index contributed by atoms with van der Waals surface area (Å²) in [5.41, 5.74) is 11.6. The van der Waals surface area contributed by atoms with Crippen molar-refractivity contribution in [2.24, 2.45) is 23.3 Å². The maximum absolute atomic E-state index is 12.5. The Hall–Kier alpha value is -2.84. The minimum atomic E-state index is -0.360. The predicted octanol–water partition coefficient (Wildman–Crippen LogP) is 3.06. The number of anilines is 2. The lowest BCUT2D eigenvalue weighted by atomic mass is 9.82. The summed E-state index contributed by atoms with van der Waals surface area (Å²) in [6.45, 7) is 1.83. The number of aromatic nitrogens is 2. The molecule has 0 spiro atoms. The molecule has 0 atom stereocenters. The van der Waals surface area contributed by atoms with Crippen molar-refractivity contribution in [3.8, 4) is 17.2 Å². The number of para-hydroxylation sites is 1. The van der Waals surface area contributed by atoms with E-state index in [4.69, 9.17) is 20.9 Å². The maximum atomic E-state index is 12.5. The van der Waals surface area contributed by atoms with Crippen LogP contribution < -0.4 is 31.9 Å². The van der Waals surface area contributed by atoms with E-state index in [1.165, 1.54) is 4.57 Å². The molecule has 8 heteroatoms. The van der Waals surface area contributed by atoms with Gasteiger partial charge in [0.05, 0.1) is 12.8 Å². The number of nitrogens with two attached hydrogens (primary N) is 2. The first-order valence-corrected chi connectivity index (χ1v) is 10.6. The van der Waals surface area contributed by atoms with Crippen molar-refractivity contribution >= 4 is 17.7 Å². The molecule has 0 radical (unpaired) electrons. The predicted molar refractivity (Wildman–Crippen MR) is 117 cm³/mol. The van der Waals surface area contributed by atoms with Gasteiger partial charge in [0.2, 0.25) is 0 Å². The number of fused-ring (bicyclic) bond motifs is 2. The van der Waals surface area contributed by atoms with Gasteiger partial charge in [0, 0.05) is 6.20 Å². The lowest BCUT2D eigenvalue weighted by Crippen LogP contribution is -2.23. The van der Waals surface area contributed by atoms with Crippen molar-refractivity contribution in [2.45, 2.75) is 32.1 Å². The molecule has 8 nitrogen and oxygen atoms in total. The Bertz CT molecular complexity index is 964. The topological polar surface area (TPSA) is 117 Å². The van der Waals surface area contributed by atoms with Gasteiger partial charge in [0.15, 0.2) is 17.3 Å². The van der Waals surface area contributed by atoms with Gasteiger partial charge in [-0.15, -0.1) is 0 Å². The number of benzene rings is 1. The number of nitrogens with zero attached hydrogens (tertiary/aromatic N) is 2. The minimum absolute atomic E-state index is 0.360. The molecule has 0 amide bonds. The summed E-state index contributed by atoms with van der Waals surface area (Å²) in [6.07, 6.45) is 10.8. The van der Waals surface area contributed by atoms with Gasteiger partial charge >= 0.3 is 5.69 Å². The van der Waals surface area contributed by atoms with Crippen LogP contribution in [0.25, 0.3) is 6.20 Å². The summed E-state index contributed by atoms with van der Waals surface area (Å²) in [5, 5.41) is 3.18. The monoisotopic (exact) mass is 411 g/mol. The highest BCUT2D eigenvalue weighted by molar-refractivity contribution is 5.77. The zero-order chi connectivity index (χ0) is 20.9. The van der Waals surface area contributed by atoms with Crippen LogP contribution in [0.4, 0.5) is 11.5 Å². The second-order valence-corrected chi connectivity index (χ2v) is 7.85. The van der Waals surface area contributed by atoms with Crippen LogP contribution in [0.1, 0.15) is 32.1 Å². The van der Waals surface area contributed by atoms with Gasteiger partial charge in [-0.05, 0) is 69.2 Å². The number of hydrogen-bond donors (Lipinski definition) is 3. The molecule has 1 aromatic heterocycles. The van der Waals surface area contributed by atoms with E-state index >= 15 is 0 Å². The van der Waals surface area contributed by atoms with E-state index in [-0.39, 0.29) is 5.69 Å². The van der Waals surface area contributed by atoms with E-state index in [1.807, 2.05) is 18.2 Å². The van der Waals surface area contributed by atoms with Crippen molar-refractivity contribution in [3.63, 3.8) is 0 Å². The van der Waals surface area contributed by atoms with Gasteiger partial charge in [-0.25, -0.2) is 4.79 Å². The van der Waals surface area contributed by atoms with Gasteiger partial charge in [-0.3, -0.25) is 4.57 Å². The largest absolute Gasteiger partial charge is 0.491 e. The van der Waals surface area contributed by atoms with Crippen molar-refractivity contribution in [1.82, 2.24) is 9.55 Å². The highest BCUT2D eigenvalue weighted by Crippen LogP contribution is 2.45. The Morgan fingerprint density at radius 2 is 2.07 bits per heavy atom. The van der Waals surface area contributed by atoms with Crippen LogP contribution >= 0.6 is 0 Å². The van der Waals surface area contributed by atoms with Crippen molar-refractivity contribution in [2.75, 3.05) is 25.0 Å². The third-order valence-corrected chi connectivity index (χ3v) is 5.72. The molecule has 1 aromatic carbocycles. The fraction of sp³-hybridized carbons (Fsp3) is 0.455. The van der Waals surface area contributed by atoms with E-state index in [2.05, 4.69) is 16.4 Å². The van der Waals surface area contributed by atoms with Crippen LogP contribution in [0, 0.1) is 11.8 Å². The first kappa shape index (κ1) is 20.4. The number of nitrogens with one attached hydrogen (secondary N) is 1. The van der Waals surface area contributed by atoms with Crippen LogP contribution in [0.15, 0.2) is 35.3 Å². The molecule has 2 aliphatic rings. The van der Waals surface area contributed by atoms with Crippen molar-refractivity contribution in [1.29, 1.82) is 0 Å². The van der Waals surface area contributed by atoms with Crippen LogP contribution in [0.2, 0.25) is 0 Å². The molecule has 30 heavy (non-hydrogen) atoms. The number of ether oxygens (including phenoxy) is 2. The summed E-state index contributed by atoms with van der Waals surface area (Å²) < 4.78 is 13.3. The molecule has 1 saturated carbocycles. The fourth-order valence-corrected chi connectivity index (χ4v) is 3.89. The van der Waals surface area contributed by atoms with E-state index in [0.717, 1.165) is 38.6 Å². The average molecular weight is 412 g/mol. The maximum Gasteiger partial charge on any atom is 0.353 e. The minimum Gasteiger partial charge on any atom is -0.491 e. The summed E-state index contributed by atoms with van der Waals surface area (Å²) in [6, 6.07) is 5.56. The lowest BCUT2D eigenvalue weighted by Gasteiger charge is -2.25. The number of hydrogen-bond acceptors (Lipinski definition) is 7. The fourth-order valence-electron chi connectivity index (χ4n) is 3.89. The first-order chi connectivity index (χ1) is 14.7. The van der Waals surface area contributed by atoms with Gasteiger partial charge in [0.1, 0.15) is 11.4 Å². The number of allylic oxidation sites excluding steroid dienone is 1. The molecule has 0 saturated heterocycles. The van der Waals surface area contributed by atoms with E-state index < -0.39 is 0 Å². The molecule has 2 aromatic rings. The zero-order valence-corrected chi connectivity index (χ0v) is 17.0. The Labute approximate surface area is 175 Å². The van der Waals surface area contributed by atoms with E-state index in [0.29, 0.717) is 53.7 Å². The van der Waals surface area contributed by atoms with Gasteiger partial charge in [-0.2, -0.15) is 4.98 Å². The zero-order valence-electron chi connectivity index (χ0n) is 17.0. The summed E-state index contributed by atoms with van der Waals surface area (Å²) >= 11 is 0. The molecule has 4 rings (SSSR count). The second-order valence-electron chi connectivity index (χ2n) is 7.85. The molecular formula is C22H29N5O3. The molecule has 5 N–H and O–H groups in total. The first-order valence-electron chi connectivity index (χ1n) is 10.6. The molecule has 2 heterocycles. The lowest BCUT2D eigenvalue weighted by molar-refractivity contribution is 0.313. The summed E-state index contributed by atoms with van der Waals surface area (Å²) in [4.78, 5) is 16.7. The van der Waals surface area contributed by atoms with Crippen LogP contribution in [-0.4, -0.2) is 29.2 Å². The summed E-state index contributed by atoms with van der Waals surface area (Å²) in [7, 11) is 0. The second kappa shape index (κ2) is 9.32. The molecule has 1 aliphatic heterocycles. The van der Waals surface area contributed by atoms with Gasteiger partial charge < -0.3 is 26.3 Å². The molecule has 0 unspecified atom stereocenters. The van der Waals surface area contributed by atoms with Gasteiger partial charge in [-0.1, -0.05) is 12.1 Å². The van der Waals surface area contributed by atoms with Crippen molar-refractivity contribution < 1.29 is 9.47 Å². The SMILES string of the molecule is NCCCOc1cccc2c1Nc1nc(=O)n(/C=C/C3CCC(CN)CC3)cc1O2. The smallest absolute Gasteiger partial charge is 0.353 e. The quantitative estimate of drug-likeness (QED) is 0.511. The van der Waals surface area contributed by atoms with Crippen LogP contribution in [0.5, 0.6) is 17.2 Å². The van der Waals surface area contributed by atoms with E-state index in [9.17, 15) is 4.79 Å². The molecule has 1 aliphatic carbocycles. The molecule has 0 bridgehead atoms. The highest BCUT2D eigenvalue weighted by Gasteiger charge is 2.23. The van der Waals surface area contributed by atoms with Crippen LogP contribution in [-0.2, 0) is 0 Å². The van der Waals surface area contributed by atoms with E-state index in [1.54, 1.807) is 12.4 Å². The average Bonchev–Trinajstić information content (AvgIpc) is 2.77. The number of rotatable bonds is 7. The highest BCUT2D eigenvalue weighted by atomic mass is 16.5.